The Hall–Kier alpha value is -4.04. The van der Waals surface area contributed by atoms with Gasteiger partial charge >= 0.3 is 11.9 Å². The van der Waals surface area contributed by atoms with Crippen LogP contribution in [0.5, 0.6) is 0 Å². The van der Waals surface area contributed by atoms with Crippen LogP contribution in [0.1, 0.15) is 38.8 Å². The number of fused-ring (bicyclic) bond motifs is 2. The number of thioether (sulfide) groups is 2. The van der Waals surface area contributed by atoms with Crippen LogP contribution in [0.4, 0.5) is 0 Å². The van der Waals surface area contributed by atoms with Crippen LogP contribution < -0.4 is 10.6 Å². The molecule has 0 bridgehead atoms. The lowest BCUT2D eigenvalue weighted by Crippen LogP contribution is -2.71. The Morgan fingerprint density at radius 1 is 0.660 bits per heavy atom. The van der Waals surface area contributed by atoms with Crippen LogP contribution in [0.15, 0.2) is 60.7 Å². The lowest BCUT2D eigenvalue weighted by atomic mass is 9.95. The lowest BCUT2D eigenvalue weighted by Gasteiger charge is -2.44. The zero-order valence-corrected chi connectivity index (χ0v) is 28.0. The standard InChI is InChI=1S/C33H36N4O8S2/c1-32(2)24(36-26(40)22(28(36)46-32)34-20(38)15-18-11-7-5-8-12-18)30(42)44-17-45-31(43)25-33(3,4)47-29-23(27(41)37(25)29)35-21(39)16-19-13-9-6-10-14-19/h5-14,22-25,28-29H,15-17H2,1-4H3,(H,34,38)(H,35,39)/t22?,23?,24-,25-,28+,29+/m0/s1. The highest BCUT2D eigenvalue weighted by Crippen LogP contribution is 2.52. The van der Waals surface area contributed by atoms with Gasteiger partial charge in [0.1, 0.15) is 34.9 Å². The van der Waals surface area contributed by atoms with Gasteiger partial charge in [0, 0.05) is 9.49 Å². The van der Waals surface area contributed by atoms with Gasteiger partial charge in [0.05, 0.1) is 12.8 Å². The Balaban J connectivity index is 1.00. The van der Waals surface area contributed by atoms with E-state index in [1.165, 1.54) is 33.3 Å². The first kappa shape index (κ1) is 32.9. The largest absolute Gasteiger partial charge is 0.426 e. The van der Waals surface area contributed by atoms with Crippen molar-refractivity contribution in [3.05, 3.63) is 71.8 Å². The summed E-state index contributed by atoms with van der Waals surface area (Å²) >= 11 is 2.78. The lowest BCUT2D eigenvalue weighted by molar-refractivity contribution is -0.181. The molecule has 47 heavy (non-hydrogen) atoms. The van der Waals surface area contributed by atoms with Gasteiger partial charge < -0.3 is 29.9 Å². The summed E-state index contributed by atoms with van der Waals surface area (Å²) in [5, 5.41) is 4.70. The molecule has 0 saturated carbocycles. The van der Waals surface area contributed by atoms with E-state index in [4.69, 9.17) is 9.47 Å². The molecule has 0 aromatic heterocycles. The number of amides is 4. The molecule has 0 radical (unpaired) electrons. The molecule has 248 valence electrons. The number of nitrogens with zero attached hydrogens (tertiary/aromatic N) is 2. The minimum Gasteiger partial charge on any atom is -0.426 e. The van der Waals surface area contributed by atoms with Gasteiger partial charge in [-0.1, -0.05) is 60.7 Å². The second-order valence-corrected chi connectivity index (χ2v) is 16.5. The summed E-state index contributed by atoms with van der Waals surface area (Å²) in [6.45, 7) is 6.56. The average Bonchev–Trinajstić information content (AvgIpc) is 3.44. The molecule has 4 heterocycles. The van der Waals surface area contributed by atoms with Gasteiger partial charge in [0.25, 0.3) is 0 Å². The molecule has 4 fully saturated rings. The zero-order chi connectivity index (χ0) is 33.7. The van der Waals surface area contributed by atoms with E-state index in [0.717, 1.165) is 11.1 Å². The molecule has 2 unspecified atom stereocenters. The van der Waals surface area contributed by atoms with Crippen molar-refractivity contribution >= 4 is 59.1 Å². The third kappa shape index (κ3) is 6.20. The van der Waals surface area contributed by atoms with Gasteiger partial charge in [-0.05, 0) is 38.8 Å². The number of nitrogens with one attached hydrogen (secondary N) is 2. The van der Waals surface area contributed by atoms with Crippen LogP contribution >= 0.6 is 23.5 Å². The van der Waals surface area contributed by atoms with Crippen LogP contribution in [-0.2, 0) is 51.1 Å². The van der Waals surface area contributed by atoms with Gasteiger partial charge in [-0.25, -0.2) is 9.59 Å². The maximum absolute atomic E-state index is 13.2. The number of hydrogen-bond acceptors (Lipinski definition) is 10. The fourth-order valence-electron chi connectivity index (χ4n) is 6.57. The number of β-lactam (4-membered cyclic amide) rings is 2. The average molecular weight is 681 g/mol. The highest BCUT2D eigenvalue weighted by Gasteiger charge is 2.66. The predicted octanol–water partition coefficient (Wildman–Crippen LogP) is 1.61. The molecule has 14 heteroatoms. The highest BCUT2D eigenvalue weighted by molar-refractivity contribution is 8.02. The van der Waals surface area contributed by atoms with Crippen molar-refractivity contribution in [2.24, 2.45) is 0 Å². The maximum Gasteiger partial charge on any atom is 0.333 e. The van der Waals surface area contributed by atoms with Crippen LogP contribution in [0.25, 0.3) is 0 Å². The quantitative estimate of drug-likeness (QED) is 0.215. The molecule has 0 spiro atoms. The van der Waals surface area contributed by atoms with Gasteiger partial charge in [-0.2, -0.15) is 0 Å². The van der Waals surface area contributed by atoms with E-state index in [-0.39, 0.29) is 36.5 Å². The summed E-state index contributed by atoms with van der Waals surface area (Å²) in [4.78, 5) is 80.7. The van der Waals surface area contributed by atoms with Crippen LogP contribution in [-0.4, -0.2) is 96.6 Å². The van der Waals surface area contributed by atoms with Crippen molar-refractivity contribution in [3.8, 4) is 0 Å². The normalized spacial score (nSPS) is 27.9. The molecule has 2 N–H and O–H groups in total. The van der Waals surface area contributed by atoms with Gasteiger partial charge in [0.15, 0.2) is 0 Å². The van der Waals surface area contributed by atoms with Crippen LogP contribution in [0.2, 0.25) is 0 Å². The Labute approximate surface area is 280 Å². The third-order valence-corrected chi connectivity index (χ3v) is 11.9. The number of benzene rings is 2. The topological polar surface area (TPSA) is 151 Å². The van der Waals surface area contributed by atoms with Gasteiger partial charge in [0.2, 0.25) is 30.4 Å². The smallest absolute Gasteiger partial charge is 0.333 e. The van der Waals surface area contributed by atoms with E-state index in [1.807, 2.05) is 88.4 Å². The van der Waals surface area contributed by atoms with E-state index < -0.39 is 63.1 Å². The van der Waals surface area contributed by atoms with Crippen LogP contribution in [0.3, 0.4) is 0 Å². The molecule has 6 atom stereocenters. The Morgan fingerprint density at radius 2 is 1.02 bits per heavy atom. The summed E-state index contributed by atoms with van der Waals surface area (Å²) < 4.78 is 9.23. The molecule has 2 aromatic carbocycles. The number of esters is 2. The van der Waals surface area contributed by atoms with Crippen molar-refractivity contribution in [2.45, 2.75) is 84.9 Å². The Morgan fingerprint density at radius 3 is 1.38 bits per heavy atom. The van der Waals surface area contributed by atoms with Crippen molar-refractivity contribution in [2.75, 3.05) is 6.79 Å². The molecule has 2 aromatic rings. The van der Waals surface area contributed by atoms with E-state index >= 15 is 0 Å². The summed E-state index contributed by atoms with van der Waals surface area (Å²) in [6.07, 6.45) is 0.262. The first-order valence-corrected chi connectivity index (χ1v) is 17.0. The maximum atomic E-state index is 13.2. The van der Waals surface area contributed by atoms with E-state index in [2.05, 4.69) is 10.6 Å². The SMILES string of the molecule is CC1(C)S[C@@H]2C(NC(=O)Cc3ccccc3)C(=O)N2[C@H]1C(=O)OCOC(=O)[C@@H]1N2C(=O)C(NC(=O)Cc3ccccc3)[C@H]2SC1(C)C. The Bertz CT molecular complexity index is 1490. The summed E-state index contributed by atoms with van der Waals surface area (Å²) in [7, 11) is 0. The summed E-state index contributed by atoms with van der Waals surface area (Å²) in [5.74, 6) is -2.82. The fraction of sp³-hybridized carbons (Fsp3) is 0.455. The molecule has 4 amide bonds. The Kier molecular flexibility index (Phi) is 8.77. The molecule has 4 saturated heterocycles. The van der Waals surface area contributed by atoms with Gasteiger partial charge in [-0.15, -0.1) is 23.5 Å². The van der Waals surface area contributed by atoms with Gasteiger partial charge in [-0.3, -0.25) is 19.2 Å². The van der Waals surface area contributed by atoms with Crippen molar-refractivity contribution in [1.82, 2.24) is 20.4 Å². The van der Waals surface area contributed by atoms with Crippen molar-refractivity contribution < 1.29 is 38.2 Å². The molecule has 4 aliphatic rings. The van der Waals surface area contributed by atoms with E-state index in [1.54, 1.807) is 0 Å². The first-order chi connectivity index (χ1) is 22.3. The van der Waals surface area contributed by atoms with E-state index in [0.29, 0.717) is 0 Å². The number of carbonyl (C=O) groups is 6. The van der Waals surface area contributed by atoms with Crippen molar-refractivity contribution in [1.29, 1.82) is 0 Å². The third-order valence-electron chi connectivity index (χ3n) is 8.78. The molecular formula is C33H36N4O8S2. The minimum atomic E-state index is -0.953. The minimum absolute atomic E-state index is 0.131. The fourth-order valence-corrected chi connectivity index (χ4v) is 9.81. The zero-order valence-electron chi connectivity index (χ0n) is 26.3. The molecule has 0 aliphatic carbocycles. The molecular weight excluding hydrogens is 645 g/mol. The first-order valence-electron chi connectivity index (χ1n) is 15.3. The predicted molar refractivity (Wildman–Crippen MR) is 173 cm³/mol. The van der Waals surface area contributed by atoms with Crippen molar-refractivity contribution in [3.63, 3.8) is 0 Å². The van der Waals surface area contributed by atoms with E-state index in [9.17, 15) is 28.8 Å². The summed E-state index contributed by atoms with van der Waals surface area (Å²) in [6, 6.07) is 14.9. The summed E-state index contributed by atoms with van der Waals surface area (Å²) in [5.41, 5.74) is 1.64. The van der Waals surface area contributed by atoms with Crippen LogP contribution in [0, 0.1) is 0 Å². The monoisotopic (exact) mass is 680 g/mol. The number of rotatable bonds is 10. The molecule has 6 rings (SSSR count). The second-order valence-electron chi connectivity index (χ2n) is 13.0. The molecule has 12 nitrogen and oxygen atoms in total. The number of ether oxygens (including phenoxy) is 2. The number of hydrogen-bond donors (Lipinski definition) is 2. The number of carbonyl (C=O) groups excluding carboxylic acids is 6. The molecule has 4 aliphatic heterocycles. The highest BCUT2D eigenvalue weighted by atomic mass is 32.2. The second kappa shape index (κ2) is 12.5.